The number of ether oxygens (including phenoxy) is 1. The molecule has 0 fully saturated rings. The summed E-state index contributed by atoms with van der Waals surface area (Å²) in [4.78, 5) is 27.7. The fourth-order valence-corrected chi connectivity index (χ4v) is 1.82. The number of nitrogens with zero attached hydrogens (tertiary/aromatic N) is 2. The van der Waals surface area contributed by atoms with Gasteiger partial charge in [0.2, 0.25) is 5.91 Å². The summed E-state index contributed by atoms with van der Waals surface area (Å²) in [5.41, 5.74) is 0. The first-order valence-corrected chi connectivity index (χ1v) is 6.12. The minimum atomic E-state index is -0.979. The van der Waals surface area contributed by atoms with Crippen LogP contribution in [-0.2, 0) is 14.3 Å². The lowest BCUT2D eigenvalue weighted by Gasteiger charge is -2.18. The molecule has 100 valence electrons. The molecule has 1 aromatic rings. The van der Waals surface area contributed by atoms with Crippen molar-refractivity contribution in [3.63, 3.8) is 0 Å². The van der Waals surface area contributed by atoms with Crippen molar-refractivity contribution < 1.29 is 19.4 Å². The number of hydrogen-bond donors (Lipinski definition) is 2. The molecular formula is C10H15N3O4S. The van der Waals surface area contributed by atoms with Gasteiger partial charge in [-0.1, -0.05) is 0 Å². The van der Waals surface area contributed by atoms with E-state index in [0.29, 0.717) is 18.3 Å². The average molecular weight is 273 g/mol. The first-order valence-electron chi connectivity index (χ1n) is 5.24. The van der Waals surface area contributed by atoms with Gasteiger partial charge in [-0.25, -0.2) is 4.98 Å². The van der Waals surface area contributed by atoms with Crippen LogP contribution in [0.3, 0.4) is 0 Å². The first kappa shape index (κ1) is 14.6. The molecule has 0 radical (unpaired) electrons. The quantitative estimate of drug-likeness (QED) is 0.698. The minimum absolute atomic E-state index is 0.00472. The highest BCUT2D eigenvalue weighted by atomic mass is 32.1. The van der Waals surface area contributed by atoms with E-state index in [2.05, 4.69) is 10.3 Å². The molecule has 0 atom stereocenters. The number of amides is 1. The molecule has 7 nitrogen and oxygen atoms in total. The number of aromatic nitrogens is 1. The van der Waals surface area contributed by atoms with Crippen molar-refractivity contribution in [2.75, 3.05) is 38.7 Å². The third kappa shape index (κ3) is 5.71. The molecule has 8 heteroatoms. The second-order valence-electron chi connectivity index (χ2n) is 3.48. The molecule has 1 aromatic heterocycles. The number of nitrogens with one attached hydrogen (secondary N) is 1. The molecule has 18 heavy (non-hydrogen) atoms. The van der Waals surface area contributed by atoms with Crippen LogP contribution in [0.5, 0.6) is 0 Å². The Hall–Kier alpha value is -1.51. The lowest BCUT2D eigenvalue weighted by Crippen LogP contribution is -2.38. The van der Waals surface area contributed by atoms with E-state index in [1.807, 2.05) is 0 Å². The normalized spacial score (nSPS) is 10.6. The number of anilines is 1. The van der Waals surface area contributed by atoms with Crippen molar-refractivity contribution >= 4 is 28.3 Å². The van der Waals surface area contributed by atoms with Crippen molar-refractivity contribution in [2.24, 2.45) is 0 Å². The average Bonchev–Trinajstić information content (AvgIpc) is 2.77. The molecule has 0 bridgehead atoms. The highest BCUT2D eigenvalue weighted by Crippen LogP contribution is 2.09. The Balaban J connectivity index is 2.43. The Kier molecular flexibility index (Phi) is 6.26. The maximum absolute atomic E-state index is 11.6. The second-order valence-corrected chi connectivity index (χ2v) is 4.38. The van der Waals surface area contributed by atoms with Crippen LogP contribution in [0.1, 0.15) is 0 Å². The summed E-state index contributed by atoms with van der Waals surface area (Å²) in [7, 11) is 1.52. The van der Waals surface area contributed by atoms with Gasteiger partial charge in [0.05, 0.1) is 19.7 Å². The van der Waals surface area contributed by atoms with Crippen molar-refractivity contribution in [3.05, 3.63) is 11.6 Å². The Morgan fingerprint density at radius 2 is 2.33 bits per heavy atom. The molecule has 1 rings (SSSR count). The molecule has 0 spiro atoms. The molecular weight excluding hydrogens is 258 g/mol. The van der Waals surface area contributed by atoms with E-state index in [0.717, 1.165) is 0 Å². The summed E-state index contributed by atoms with van der Waals surface area (Å²) in [5, 5.41) is 13.6. The smallest absolute Gasteiger partial charge is 0.317 e. The van der Waals surface area contributed by atoms with Crippen LogP contribution in [0, 0.1) is 0 Å². The first-order chi connectivity index (χ1) is 8.61. The number of carboxylic acids is 1. The van der Waals surface area contributed by atoms with Gasteiger partial charge in [-0.2, -0.15) is 0 Å². The standard InChI is InChI=1S/C10H15N3O4S/c1-17-4-3-13(7-9(15)16)6-8(14)12-10-11-2-5-18-10/h2,5H,3-4,6-7H2,1H3,(H,15,16)(H,11,12,14). The summed E-state index contributed by atoms with van der Waals surface area (Å²) < 4.78 is 4.86. The van der Waals surface area contributed by atoms with E-state index >= 15 is 0 Å². The summed E-state index contributed by atoms with van der Waals surface area (Å²) >= 11 is 1.31. The van der Waals surface area contributed by atoms with Gasteiger partial charge < -0.3 is 15.2 Å². The fraction of sp³-hybridized carbons (Fsp3) is 0.500. The lowest BCUT2D eigenvalue weighted by molar-refractivity contribution is -0.138. The fourth-order valence-electron chi connectivity index (χ4n) is 1.27. The number of carbonyl (C=O) groups is 2. The molecule has 0 aliphatic heterocycles. The van der Waals surface area contributed by atoms with Gasteiger partial charge >= 0.3 is 5.97 Å². The molecule has 0 saturated heterocycles. The molecule has 1 amide bonds. The van der Waals surface area contributed by atoms with Gasteiger partial charge in [0.25, 0.3) is 0 Å². The van der Waals surface area contributed by atoms with Crippen molar-refractivity contribution in [2.45, 2.75) is 0 Å². The van der Waals surface area contributed by atoms with E-state index in [1.165, 1.54) is 23.3 Å². The second kappa shape index (κ2) is 7.75. The zero-order valence-electron chi connectivity index (χ0n) is 9.96. The number of methoxy groups -OCH3 is 1. The molecule has 0 aliphatic carbocycles. The van der Waals surface area contributed by atoms with Gasteiger partial charge in [-0.05, 0) is 0 Å². The van der Waals surface area contributed by atoms with Crippen LogP contribution < -0.4 is 5.32 Å². The number of carboxylic acid groups (broad SMARTS) is 1. The van der Waals surface area contributed by atoms with E-state index in [9.17, 15) is 9.59 Å². The molecule has 1 heterocycles. The van der Waals surface area contributed by atoms with Crippen LogP contribution >= 0.6 is 11.3 Å². The largest absolute Gasteiger partial charge is 0.480 e. The molecule has 2 N–H and O–H groups in total. The van der Waals surface area contributed by atoms with Crippen LogP contribution in [-0.4, -0.2) is 60.2 Å². The highest BCUT2D eigenvalue weighted by Gasteiger charge is 2.14. The summed E-state index contributed by atoms with van der Waals surface area (Å²) in [6, 6.07) is 0. The highest BCUT2D eigenvalue weighted by molar-refractivity contribution is 7.13. The predicted molar refractivity (Wildman–Crippen MR) is 66.7 cm³/mol. The van der Waals surface area contributed by atoms with Gasteiger partial charge in [0.1, 0.15) is 0 Å². The van der Waals surface area contributed by atoms with E-state index in [4.69, 9.17) is 9.84 Å². The zero-order chi connectivity index (χ0) is 13.4. The third-order valence-electron chi connectivity index (χ3n) is 2.02. The van der Waals surface area contributed by atoms with E-state index in [1.54, 1.807) is 11.6 Å². The summed E-state index contributed by atoms with van der Waals surface area (Å²) in [5.74, 6) is -1.27. The van der Waals surface area contributed by atoms with Crippen molar-refractivity contribution in [3.8, 4) is 0 Å². The van der Waals surface area contributed by atoms with E-state index < -0.39 is 5.97 Å². The monoisotopic (exact) mass is 273 g/mol. The van der Waals surface area contributed by atoms with Gasteiger partial charge in [-0.15, -0.1) is 11.3 Å². The Morgan fingerprint density at radius 3 is 2.89 bits per heavy atom. The number of carbonyl (C=O) groups excluding carboxylic acids is 1. The number of rotatable bonds is 8. The topological polar surface area (TPSA) is 91.8 Å². The molecule has 0 saturated carbocycles. The van der Waals surface area contributed by atoms with Crippen molar-refractivity contribution in [1.29, 1.82) is 0 Å². The maximum Gasteiger partial charge on any atom is 0.317 e. The van der Waals surface area contributed by atoms with Crippen LogP contribution in [0.15, 0.2) is 11.6 Å². The SMILES string of the molecule is COCCN(CC(=O)O)CC(=O)Nc1nccs1. The Morgan fingerprint density at radius 1 is 1.56 bits per heavy atom. The minimum Gasteiger partial charge on any atom is -0.480 e. The Labute approximate surface area is 108 Å². The Bertz CT molecular complexity index is 382. The number of thiazole rings is 1. The van der Waals surface area contributed by atoms with E-state index in [-0.39, 0.29) is 19.0 Å². The third-order valence-corrected chi connectivity index (χ3v) is 2.70. The van der Waals surface area contributed by atoms with Gasteiger partial charge in [0, 0.05) is 25.2 Å². The van der Waals surface area contributed by atoms with Crippen LogP contribution in [0.2, 0.25) is 0 Å². The van der Waals surface area contributed by atoms with Crippen molar-refractivity contribution in [1.82, 2.24) is 9.88 Å². The number of hydrogen-bond acceptors (Lipinski definition) is 6. The van der Waals surface area contributed by atoms with Gasteiger partial charge in [-0.3, -0.25) is 14.5 Å². The summed E-state index contributed by atoms with van der Waals surface area (Å²) in [6.07, 6.45) is 1.58. The molecule has 0 aromatic carbocycles. The molecule has 0 aliphatic rings. The van der Waals surface area contributed by atoms with Gasteiger partial charge in [0.15, 0.2) is 5.13 Å². The van der Waals surface area contributed by atoms with Crippen LogP contribution in [0.25, 0.3) is 0 Å². The predicted octanol–water partition coefficient (Wildman–Crippen LogP) is 0.115. The van der Waals surface area contributed by atoms with Crippen LogP contribution in [0.4, 0.5) is 5.13 Å². The number of aliphatic carboxylic acids is 1. The molecule has 0 unspecified atom stereocenters. The summed E-state index contributed by atoms with van der Waals surface area (Å²) in [6.45, 7) is 0.551. The lowest BCUT2D eigenvalue weighted by atomic mass is 10.4. The maximum atomic E-state index is 11.6. The zero-order valence-corrected chi connectivity index (χ0v) is 10.8.